The summed E-state index contributed by atoms with van der Waals surface area (Å²) < 4.78 is 5.81. The van der Waals surface area contributed by atoms with Gasteiger partial charge in [0, 0.05) is 36.9 Å². The number of aliphatic hydroxyl groups excluding tert-OH is 1. The van der Waals surface area contributed by atoms with Crippen molar-refractivity contribution in [1.82, 2.24) is 14.9 Å². The smallest absolute Gasteiger partial charge is 0.295 e. The van der Waals surface area contributed by atoms with Crippen molar-refractivity contribution in [3.05, 3.63) is 95.1 Å². The average Bonchev–Trinajstić information content (AvgIpc) is 3.11. The predicted octanol–water partition coefficient (Wildman–Crippen LogP) is 4.59. The van der Waals surface area contributed by atoms with Crippen molar-refractivity contribution in [3.63, 3.8) is 0 Å². The van der Waals surface area contributed by atoms with Crippen LogP contribution in [0.2, 0.25) is 0 Å². The lowest BCUT2D eigenvalue weighted by Crippen LogP contribution is -2.29. The molecule has 174 valence electrons. The number of aryl methyl sites for hydroxylation is 1. The number of ether oxygens (including phenoxy) is 1. The van der Waals surface area contributed by atoms with E-state index in [-0.39, 0.29) is 17.9 Å². The number of aromatic nitrogens is 2. The van der Waals surface area contributed by atoms with Crippen molar-refractivity contribution >= 4 is 17.4 Å². The zero-order chi connectivity index (χ0) is 24.1. The molecular weight excluding hydrogens is 430 g/mol. The van der Waals surface area contributed by atoms with Crippen molar-refractivity contribution in [1.29, 1.82) is 0 Å². The molecule has 1 saturated heterocycles. The van der Waals surface area contributed by atoms with Gasteiger partial charge in [-0.2, -0.15) is 0 Å². The molecule has 1 atom stereocenters. The molecule has 3 aromatic rings. The summed E-state index contributed by atoms with van der Waals surface area (Å²) in [5.41, 5.74) is 2.83. The minimum atomic E-state index is -0.746. The molecular formula is C27H27N3O4. The monoisotopic (exact) mass is 457 g/mol. The van der Waals surface area contributed by atoms with Gasteiger partial charge in [0.15, 0.2) is 0 Å². The third kappa shape index (κ3) is 4.69. The van der Waals surface area contributed by atoms with Crippen LogP contribution in [0.4, 0.5) is 0 Å². The van der Waals surface area contributed by atoms with Gasteiger partial charge in [0.1, 0.15) is 11.5 Å². The molecule has 1 aromatic carbocycles. The lowest BCUT2D eigenvalue weighted by atomic mass is 9.95. The molecule has 0 saturated carbocycles. The van der Waals surface area contributed by atoms with Crippen LogP contribution in [0.15, 0.2) is 72.8 Å². The number of benzene rings is 1. The maximum absolute atomic E-state index is 13.2. The Morgan fingerprint density at radius 1 is 1.09 bits per heavy atom. The van der Waals surface area contributed by atoms with Gasteiger partial charge < -0.3 is 14.7 Å². The molecule has 1 fully saturated rings. The van der Waals surface area contributed by atoms with Crippen LogP contribution in [-0.4, -0.2) is 38.3 Å². The molecule has 7 heteroatoms. The van der Waals surface area contributed by atoms with Crippen LogP contribution in [0.25, 0.3) is 5.76 Å². The van der Waals surface area contributed by atoms with Crippen molar-refractivity contribution in [3.8, 4) is 5.75 Å². The van der Waals surface area contributed by atoms with Crippen LogP contribution in [-0.2, 0) is 16.1 Å². The van der Waals surface area contributed by atoms with Gasteiger partial charge in [-0.1, -0.05) is 19.4 Å². The van der Waals surface area contributed by atoms with Gasteiger partial charge in [-0.05, 0) is 66.4 Å². The first-order valence-corrected chi connectivity index (χ1v) is 11.3. The molecule has 1 aliphatic rings. The molecule has 7 nitrogen and oxygen atoms in total. The Labute approximate surface area is 198 Å². The second kappa shape index (κ2) is 10.3. The lowest BCUT2D eigenvalue weighted by molar-refractivity contribution is -0.140. The second-order valence-electron chi connectivity index (χ2n) is 8.25. The Hall–Kier alpha value is -4.00. The summed E-state index contributed by atoms with van der Waals surface area (Å²) in [4.78, 5) is 35.9. The third-order valence-corrected chi connectivity index (χ3v) is 5.84. The van der Waals surface area contributed by atoms with E-state index in [2.05, 4.69) is 16.9 Å². The predicted molar refractivity (Wildman–Crippen MR) is 128 cm³/mol. The molecule has 0 spiro atoms. The first-order chi connectivity index (χ1) is 16.5. The number of ketones is 1. The summed E-state index contributed by atoms with van der Waals surface area (Å²) in [6.45, 7) is 4.79. The number of hydrogen-bond acceptors (Lipinski definition) is 6. The van der Waals surface area contributed by atoms with Crippen molar-refractivity contribution < 1.29 is 19.4 Å². The Kier molecular flexibility index (Phi) is 7.01. The summed E-state index contributed by atoms with van der Waals surface area (Å²) >= 11 is 0. The molecule has 0 aliphatic carbocycles. The quantitative estimate of drug-likeness (QED) is 0.230. The molecule has 34 heavy (non-hydrogen) atoms. The summed E-state index contributed by atoms with van der Waals surface area (Å²) in [6.07, 6.45) is 8.50. The first-order valence-electron chi connectivity index (χ1n) is 11.3. The molecule has 0 radical (unpaired) electrons. The van der Waals surface area contributed by atoms with Crippen molar-refractivity contribution in [2.45, 2.75) is 39.3 Å². The van der Waals surface area contributed by atoms with Crippen LogP contribution in [0, 0.1) is 6.92 Å². The standard InChI is InChI=1S/C27H27N3O4/c1-3-4-14-34-22-8-7-21(15-18(22)2)25(31)23-24(20-9-12-28-13-10-20)30(27(33)26(23)32)17-19-6-5-11-29-16-19/h5-13,15-16,24,31H,3-4,14,17H2,1-2H3/b25-23+/t24-/m1/s1. The molecule has 0 bridgehead atoms. The van der Waals surface area contributed by atoms with Crippen LogP contribution in [0.3, 0.4) is 0 Å². The number of aliphatic hydroxyl groups is 1. The first kappa shape index (κ1) is 23.2. The van der Waals surface area contributed by atoms with Gasteiger partial charge in [-0.3, -0.25) is 19.6 Å². The average molecular weight is 458 g/mol. The largest absolute Gasteiger partial charge is 0.507 e. The van der Waals surface area contributed by atoms with Gasteiger partial charge in [0.05, 0.1) is 18.2 Å². The number of carbonyl (C=O) groups excluding carboxylic acids is 2. The van der Waals surface area contributed by atoms with Gasteiger partial charge in [-0.15, -0.1) is 0 Å². The topological polar surface area (TPSA) is 92.6 Å². The molecule has 1 amide bonds. The fourth-order valence-corrected chi connectivity index (χ4v) is 4.06. The maximum atomic E-state index is 13.2. The van der Waals surface area contributed by atoms with E-state index in [0.29, 0.717) is 17.7 Å². The van der Waals surface area contributed by atoms with E-state index in [4.69, 9.17) is 4.74 Å². The SMILES string of the molecule is CCCCOc1ccc(/C(O)=C2\C(=O)C(=O)N(Cc3cccnc3)[C@@H]2c2ccncc2)cc1C. The van der Waals surface area contributed by atoms with Crippen LogP contribution >= 0.6 is 0 Å². The summed E-state index contributed by atoms with van der Waals surface area (Å²) in [5.74, 6) is -0.864. The lowest BCUT2D eigenvalue weighted by Gasteiger charge is -2.25. The number of hydrogen-bond donors (Lipinski definition) is 1. The van der Waals surface area contributed by atoms with Crippen LogP contribution in [0.1, 0.15) is 48.1 Å². The van der Waals surface area contributed by atoms with Crippen molar-refractivity contribution in [2.24, 2.45) is 0 Å². The fourth-order valence-electron chi connectivity index (χ4n) is 4.06. The number of Topliss-reactive ketones (excluding diaryl/α,β-unsaturated/α-hetero) is 1. The maximum Gasteiger partial charge on any atom is 0.295 e. The molecule has 0 unspecified atom stereocenters. The number of nitrogens with zero attached hydrogens (tertiary/aromatic N) is 3. The second-order valence-corrected chi connectivity index (χ2v) is 8.25. The Balaban J connectivity index is 1.76. The highest BCUT2D eigenvalue weighted by atomic mass is 16.5. The molecule has 1 N–H and O–H groups in total. The van der Waals surface area contributed by atoms with E-state index in [1.54, 1.807) is 61.2 Å². The van der Waals surface area contributed by atoms with Gasteiger partial charge >= 0.3 is 0 Å². The van der Waals surface area contributed by atoms with Gasteiger partial charge in [0.2, 0.25) is 0 Å². The molecule has 2 aromatic heterocycles. The fraction of sp³-hybridized carbons (Fsp3) is 0.259. The minimum Gasteiger partial charge on any atom is -0.507 e. The highest BCUT2D eigenvalue weighted by Crippen LogP contribution is 2.40. The highest BCUT2D eigenvalue weighted by molar-refractivity contribution is 6.46. The Morgan fingerprint density at radius 2 is 1.88 bits per heavy atom. The highest BCUT2D eigenvalue weighted by Gasteiger charge is 2.46. The molecule has 3 heterocycles. The van der Waals surface area contributed by atoms with Crippen LogP contribution < -0.4 is 4.74 Å². The number of pyridine rings is 2. The number of carbonyl (C=O) groups is 2. The Bertz CT molecular complexity index is 1210. The third-order valence-electron chi connectivity index (χ3n) is 5.84. The zero-order valence-corrected chi connectivity index (χ0v) is 19.3. The molecule has 4 rings (SSSR count). The normalized spacial score (nSPS) is 17.2. The number of likely N-dealkylation sites (tertiary alicyclic amines) is 1. The van der Waals surface area contributed by atoms with E-state index in [9.17, 15) is 14.7 Å². The number of amides is 1. The minimum absolute atomic E-state index is 0.0548. The zero-order valence-electron chi connectivity index (χ0n) is 19.3. The van der Waals surface area contributed by atoms with Gasteiger partial charge in [0.25, 0.3) is 11.7 Å². The van der Waals surface area contributed by atoms with Gasteiger partial charge in [-0.25, -0.2) is 0 Å². The summed E-state index contributed by atoms with van der Waals surface area (Å²) in [6, 6.07) is 11.6. The van der Waals surface area contributed by atoms with Crippen LogP contribution in [0.5, 0.6) is 5.75 Å². The van der Waals surface area contributed by atoms with E-state index >= 15 is 0 Å². The summed E-state index contributed by atoms with van der Waals surface area (Å²) in [5, 5.41) is 11.3. The van der Waals surface area contributed by atoms with E-state index in [1.807, 2.05) is 13.0 Å². The van der Waals surface area contributed by atoms with Crippen molar-refractivity contribution in [2.75, 3.05) is 6.61 Å². The Morgan fingerprint density at radius 3 is 2.56 bits per heavy atom. The van der Waals surface area contributed by atoms with E-state index < -0.39 is 17.7 Å². The number of unbranched alkanes of at least 4 members (excludes halogenated alkanes) is 1. The van der Waals surface area contributed by atoms with E-state index in [1.165, 1.54) is 4.90 Å². The number of rotatable bonds is 8. The summed E-state index contributed by atoms with van der Waals surface area (Å²) in [7, 11) is 0. The van der Waals surface area contributed by atoms with E-state index in [0.717, 1.165) is 29.7 Å². The molecule has 1 aliphatic heterocycles.